The van der Waals surface area contributed by atoms with Gasteiger partial charge in [-0.1, -0.05) is 48.5 Å². The zero-order chi connectivity index (χ0) is 17.1. The third-order valence-corrected chi connectivity index (χ3v) is 4.91. The van der Waals surface area contributed by atoms with E-state index >= 15 is 0 Å². The Labute approximate surface area is 148 Å². The minimum Gasteiger partial charge on any atom is -0.491 e. The molecule has 1 saturated heterocycles. The number of nitrogens with one attached hydrogen (secondary N) is 1. The number of piperazine rings is 1. The van der Waals surface area contributed by atoms with Gasteiger partial charge in [-0.05, 0) is 11.6 Å². The molecule has 2 heterocycles. The van der Waals surface area contributed by atoms with Crippen molar-refractivity contribution in [2.24, 2.45) is 0 Å². The molecule has 0 radical (unpaired) electrons. The number of fused-ring (bicyclic) bond motifs is 1. The number of amides is 2. The van der Waals surface area contributed by atoms with Crippen LogP contribution in [0.3, 0.4) is 0 Å². The van der Waals surface area contributed by atoms with E-state index in [1.807, 2.05) is 35.2 Å². The first-order chi connectivity index (χ1) is 12.3. The van der Waals surface area contributed by atoms with Gasteiger partial charge in [-0.15, -0.1) is 0 Å². The number of rotatable bonds is 3. The van der Waals surface area contributed by atoms with Crippen LogP contribution in [0.15, 0.2) is 54.6 Å². The smallest absolute Gasteiger partial charge is 0.318 e. The molecule has 0 aromatic heterocycles. The molecule has 0 aliphatic carbocycles. The molecule has 130 valence electrons. The van der Waals surface area contributed by atoms with Gasteiger partial charge in [-0.3, -0.25) is 4.90 Å². The first-order valence-electron chi connectivity index (χ1n) is 8.83. The maximum absolute atomic E-state index is 12.6. The summed E-state index contributed by atoms with van der Waals surface area (Å²) in [7, 11) is 0. The Balaban J connectivity index is 1.29. The van der Waals surface area contributed by atoms with Crippen LogP contribution in [-0.4, -0.2) is 48.6 Å². The molecule has 1 fully saturated rings. The molecular weight excluding hydrogens is 314 g/mol. The van der Waals surface area contributed by atoms with Crippen molar-refractivity contribution in [3.05, 3.63) is 65.7 Å². The molecule has 5 nitrogen and oxygen atoms in total. The van der Waals surface area contributed by atoms with Crippen LogP contribution in [0.5, 0.6) is 5.75 Å². The normalized spacial score (nSPS) is 20.0. The highest BCUT2D eigenvalue weighted by molar-refractivity contribution is 5.75. The number of carbonyl (C=O) groups excluding carboxylic acids is 1. The zero-order valence-corrected chi connectivity index (χ0v) is 14.2. The lowest BCUT2D eigenvalue weighted by Crippen LogP contribution is -2.52. The van der Waals surface area contributed by atoms with E-state index in [4.69, 9.17) is 4.74 Å². The van der Waals surface area contributed by atoms with Gasteiger partial charge in [0.1, 0.15) is 12.4 Å². The van der Waals surface area contributed by atoms with Crippen LogP contribution in [0.2, 0.25) is 0 Å². The fourth-order valence-electron chi connectivity index (χ4n) is 3.47. The molecule has 0 saturated carbocycles. The lowest BCUT2D eigenvalue weighted by molar-refractivity contribution is 0.132. The molecule has 0 bridgehead atoms. The fraction of sp³-hybridized carbons (Fsp3) is 0.350. The monoisotopic (exact) mass is 337 g/mol. The fourth-order valence-corrected chi connectivity index (χ4v) is 3.47. The molecule has 2 aromatic rings. The highest BCUT2D eigenvalue weighted by Gasteiger charge is 2.28. The first kappa shape index (κ1) is 16.0. The minimum absolute atomic E-state index is 0.00432. The van der Waals surface area contributed by atoms with Crippen LogP contribution in [-0.2, 0) is 6.54 Å². The lowest BCUT2D eigenvalue weighted by Gasteiger charge is -2.35. The lowest BCUT2D eigenvalue weighted by atomic mass is 10.1. The predicted molar refractivity (Wildman–Crippen MR) is 96.5 cm³/mol. The van der Waals surface area contributed by atoms with Gasteiger partial charge >= 0.3 is 6.03 Å². The molecule has 1 atom stereocenters. The highest BCUT2D eigenvalue weighted by Crippen LogP contribution is 2.31. The zero-order valence-electron chi connectivity index (χ0n) is 14.2. The maximum atomic E-state index is 12.6. The molecule has 2 aliphatic heterocycles. The van der Waals surface area contributed by atoms with Crippen molar-refractivity contribution in [2.75, 3.05) is 32.8 Å². The number of urea groups is 1. The summed E-state index contributed by atoms with van der Waals surface area (Å²) in [5.41, 5.74) is 2.39. The number of ether oxygens (including phenoxy) is 1. The van der Waals surface area contributed by atoms with Crippen molar-refractivity contribution in [2.45, 2.75) is 12.6 Å². The minimum atomic E-state index is -0.0500. The SMILES string of the molecule is O=C(N[C@H]1COc2ccccc21)N1CCN(Cc2ccccc2)CC1. The third kappa shape index (κ3) is 3.61. The second-order valence-electron chi connectivity index (χ2n) is 6.60. The Hall–Kier alpha value is -2.53. The summed E-state index contributed by atoms with van der Waals surface area (Å²) in [4.78, 5) is 16.9. The second kappa shape index (κ2) is 7.15. The molecule has 5 heteroatoms. The van der Waals surface area contributed by atoms with E-state index in [1.165, 1.54) is 5.56 Å². The third-order valence-electron chi connectivity index (χ3n) is 4.91. The van der Waals surface area contributed by atoms with Gasteiger partial charge < -0.3 is 15.0 Å². The van der Waals surface area contributed by atoms with E-state index in [2.05, 4.69) is 34.5 Å². The topological polar surface area (TPSA) is 44.8 Å². The van der Waals surface area contributed by atoms with Gasteiger partial charge in [0.25, 0.3) is 0 Å². The van der Waals surface area contributed by atoms with Gasteiger partial charge in [-0.25, -0.2) is 4.79 Å². The van der Waals surface area contributed by atoms with Crippen molar-refractivity contribution in [1.29, 1.82) is 0 Å². The number of carbonyl (C=O) groups is 1. The quantitative estimate of drug-likeness (QED) is 0.936. The predicted octanol–water partition coefficient (Wildman–Crippen LogP) is 2.65. The molecule has 2 aliphatic rings. The van der Waals surface area contributed by atoms with Crippen LogP contribution in [0.25, 0.3) is 0 Å². The number of nitrogens with zero attached hydrogens (tertiary/aromatic N) is 2. The summed E-state index contributed by atoms with van der Waals surface area (Å²) < 4.78 is 5.64. The van der Waals surface area contributed by atoms with E-state index < -0.39 is 0 Å². The number of benzene rings is 2. The molecule has 0 unspecified atom stereocenters. The van der Waals surface area contributed by atoms with Crippen LogP contribution in [0.1, 0.15) is 17.2 Å². The summed E-state index contributed by atoms with van der Waals surface area (Å²) in [6, 6.07) is 18.3. The van der Waals surface area contributed by atoms with E-state index in [1.54, 1.807) is 0 Å². The van der Waals surface area contributed by atoms with Gasteiger partial charge in [0.05, 0.1) is 6.04 Å². The molecule has 2 aromatic carbocycles. The summed E-state index contributed by atoms with van der Waals surface area (Å²) in [6.45, 7) is 4.78. The molecule has 1 N–H and O–H groups in total. The Morgan fingerprint density at radius 2 is 1.72 bits per heavy atom. The van der Waals surface area contributed by atoms with Crippen molar-refractivity contribution < 1.29 is 9.53 Å². The van der Waals surface area contributed by atoms with E-state index in [0.29, 0.717) is 6.61 Å². The van der Waals surface area contributed by atoms with E-state index in [0.717, 1.165) is 44.0 Å². The summed E-state index contributed by atoms with van der Waals surface area (Å²) in [5, 5.41) is 3.11. The number of para-hydroxylation sites is 1. The largest absolute Gasteiger partial charge is 0.491 e. The first-order valence-corrected chi connectivity index (χ1v) is 8.83. The average molecular weight is 337 g/mol. The van der Waals surface area contributed by atoms with Crippen molar-refractivity contribution in [3.63, 3.8) is 0 Å². The summed E-state index contributed by atoms with van der Waals surface area (Å²) in [6.07, 6.45) is 0. The van der Waals surface area contributed by atoms with Gasteiger partial charge in [0, 0.05) is 38.3 Å². The molecule has 25 heavy (non-hydrogen) atoms. The Morgan fingerprint density at radius 1 is 1.00 bits per heavy atom. The van der Waals surface area contributed by atoms with Crippen LogP contribution < -0.4 is 10.1 Å². The van der Waals surface area contributed by atoms with Gasteiger partial charge in [0.2, 0.25) is 0 Å². The number of hydrogen-bond acceptors (Lipinski definition) is 3. The standard InChI is InChI=1S/C20H23N3O2/c24-20(21-18-15-25-19-9-5-4-8-17(18)19)23-12-10-22(11-13-23)14-16-6-2-1-3-7-16/h1-9,18H,10-15H2,(H,21,24)/t18-/m0/s1. The Kier molecular flexibility index (Phi) is 4.57. The Bertz CT molecular complexity index is 727. The van der Waals surface area contributed by atoms with Crippen LogP contribution in [0, 0.1) is 0 Å². The van der Waals surface area contributed by atoms with Crippen molar-refractivity contribution in [1.82, 2.24) is 15.1 Å². The summed E-state index contributed by atoms with van der Waals surface area (Å²) >= 11 is 0. The van der Waals surface area contributed by atoms with Crippen molar-refractivity contribution in [3.8, 4) is 5.75 Å². The molecular formula is C20H23N3O2. The highest BCUT2D eigenvalue weighted by atomic mass is 16.5. The average Bonchev–Trinajstić information content (AvgIpc) is 3.06. The van der Waals surface area contributed by atoms with Gasteiger partial charge in [-0.2, -0.15) is 0 Å². The molecule has 2 amide bonds. The summed E-state index contributed by atoms with van der Waals surface area (Å²) in [5.74, 6) is 0.875. The van der Waals surface area contributed by atoms with Crippen LogP contribution >= 0.6 is 0 Å². The van der Waals surface area contributed by atoms with E-state index in [9.17, 15) is 4.79 Å². The molecule has 0 spiro atoms. The molecule has 4 rings (SSSR count). The number of hydrogen-bond donors (Lipinski definition) is 1. The second-order valence-corrected chi connectivity index (χ2v) is 6.60. The maximum Gasteiger partial charge on any atom is 0.318 e. The Morgan fingerprint density at radius 3 is 2.52 bits per heavy atom. The van der Waals surface area contributed by atoms with Crippen molar-refractivity contribution >= 4 is 6.03 Å². The van der Waals surface area contributed by atoms with Crippen LogP contribution in [0.4, 0.5) is 4.79 Å². The van der Waals surface area contributed by atoms with E-state index in [-0.39, 0.29) is 12.1 Å². The van der Waals surface area contributed by atoms with Gasteiger partial charge in [0.15, 0.2) is 0 Å².